The van der Waals surface area contributed by atoms with E-state index in [1.807, 2.05) is 25.1 Å². The first-order chi connectivity index (χ1) is 14.2. The molecule has 1 aliphatic heterocycles. The number of carbonyl (C=O) groups excluding carboxylic acids is 1. The standard InChI is InChI=1S/C20H20N4O5S/c1-10-5-4-6-12(9-10)22-19(26)15-11(2)21-20(30)23-16(15)13-7-8-14(25)18(29-3)17(13)24(27)28/h4-9,16,25H,1-3H3,(H,22,26)(H2,21,23,30). The Hall–Kier alpha value is -3.66. The molecule has 10 heteroatoms. The van der Waals surface area contributed by atoms with Gasteiger partial charge >= 0.3 is 5.69 Å². The van der Waals surface area contributed by atoms with Crippen molar-refractivity contribution in [3.05, 3.63) is 68.9 Å². The summed E-state index contributed by atoms with van der Waals surface area (Å²) >= 11 is 5.20. The number of nitrogens with zero attached hydrogens (tertiary/aromatic N) is 1. The number of phenols is 1. The lowest BCUT2D eigenvalue weighted by atomic mass is 9.93. The number of hydrogen-bond acceptors (Lipinski definition) is 6. The second-order valence-corrected chi connectivity index (χ2v) is 7.11. The van der Waals surface area contributed by atoms with Gasteiger partial charge in [0.1, 0.15) is 0 Å². The number of ether oxygens (including phenoxy) is 1. The van der Waals surface area contributed by atoms with Gasteiger partial charge < -0.3 is 25.8 Å². The van der Waals surface area contributed by atoms with Gasteiger partial charge in [-0.1, -0.05) is 12.1 Å². The normalized spacial score (nSPS) is 15.8. The van der Waals surface area contributed by atoms with Crippen molar-refractivity contribution in [2.24, 2.45) is 0 Å². The number of nitro groups is 1. The lowest BCUT2D eigenvalue weighted by Gasteiger charge is -2.30. The molecule has 0 aromatic heterocycles. The van der Waals surface area contributed by atoms with Gasteiger partial charge in [-0.25, -0.2) is 0 Å². The largest absolute Gasteiger partial charge is 0.504 e. The minimum Gasteiger partial charge on any atom is -0.504 e. The highest BCUT2D eigenvalue weighted by atomic mass is 32.1. The molecule has 3 rings (SSSR count). The van der Waals surface area contributed by atoms with Crippen LogP contribution in [-0.2, 0) is 4.79 Å². The SMILES string of the molecule is COc1c(O)ccc(C2NC(=S)NC(C)=C2C(=O)Nc2cccc(C)c2)c1[N+](=O)[O-]. The van der Waals surface area contributed by atoms with Gasteiger partial charge in [0.05, 0.1) is 29.2 Å². The first-order valence-corrected chi connectivity index (χ1v) is 9.34. The Morgan fingerprint density at radius 2 is 2.03 bits per heavy atom. The third-order valence-electron chi connectivity index (χ3n) is 4.63. The van der Waals surface area contributed by atoms with Gasteiger partial charge in [0.25, 0.3) is 5.91 Å². The molecule has 2 aromatic rings. The quantitative estimate of drug-likeness (QED) is 0.325. The van der Waals surface area contributed by atoms with Gasteiger partial charge in [0, 0.05) is 11.4 Å². The number of amides is 1. The third-order valence-corrected chi connectivity index (χ3v) is 4.85. The Labute approximate surface area is 177 Å². The topological polar surface area (TPSA) is 126 Å². The molecular formula is C20H20N4O5S. The van der Waals surface area contributed by atoms with E-state index in [1.165, 1.54) is 19.2 Å². The van der Waals surface area contributed by atoms with Crippen LogP contribution in [0.3, 0.4) is 0 Å². The summed E-state index contributed by atoms with van der Waals surface area (Å²) in [4.78, 5) is 24.3. The van der Waals surface area contributed by atoms with Gasteiger partial charge in [-0.2, -0.15) is 0 Å². The molecule has 0 spiro atoms. The van der Waals surface area contributed by atoms with E-state index in [1.54, 1.807) is 13.0 Å². The number of aryl methyl sites for hydroxylation is 1. The summed E-state index contributed by atoms with van der Waals surface area (Å²) in [5.41, 5.74) is 1.91. The fraction of sp³-hybridized carbons (Fsp3) is 0.200. The first-order valence-electron chi connectivity index (χ1n) is 8.93. The number of nitro benzene ring substituents is 1. The van der Waals surface area contributed by atoms with Crippen molar-refractivity contribution in [1.82, 2.24) is 10.6 Å². The van der Waals surface area contributed by atoms with Crippen LogP contribution in [0, 0.1) is 17.0 Å². The lowest BCUT2D eigenvalue weighted by Crippen LogP contribution is -2.46. The molecule has 0 aliphatic carbocycles. The van der Waals surface area contributed by atoms with E-state index >= 15 is 0 Å². The average Bonchev–Trinajstić information content (AvgIpc) is 2.66. The van der Waals surface area contributed by atoms with E-state index in [-0.39, 0.29) is 27.7 Å². The molecule has 1 unspecified atom stereocenters. The van der Waals surface area contributed by atoms with Crippen LogP contribution in [-0.4, -0.2) is 28.2 Å². The van der Waals surface area contributed by atoms with Gasteiger partial charge in [0.15, 0.2) is 10.9 Å². The molecule has 4 N–H and O–H groups in total. The van der Waals surface area contributed by atoms with Gasteiger partial charge in [-0.15, -0.1) is 0 Å². The van der Waals surface area contributed by atoms with Crippen LogP contribution < -0.4 is 20.7 Å². The molecule has 0 bridgehead atoms. The lowest BCUT2D eigenvalue weighted by molar-refractivity contribution is -0.386. The molecule has 30 heavy (non-hydrogen) atoms. The van der Waals surface area contributed by atoms with Crippen molar-refractivity contribution in [3.63, 3.8) is 0 Å². The van der Waals surface area contributed by atoms with Crippen LogP contribution >= 0.6 is 12.2 Å². The zero-order valence-electron chi connectivity index (χ0n) is 16.5. The van der Waals surface area contributed by atoms with Crippen molar-refractivity contribution in [2.45, 2.75) is 19.9 Å². The van der Waals surface area contributed by atoms with Crippen molar-refractivity contribution >= 4 is 34.6 Å². The van der Waals surface area contributed by atoms with Gasteiger partial charge in [0.2, 0.25) is 5.75 Å². The minimum atomic E-state index is -0.932. The van der Waals surface area contributed by atoms with Crippen LogP contribution in [0.4, 0.5) is 11.4 Å². The van der Waals surface area contributed by atoms with E-state index in [9.17, 15) is 20.0 Å². The highest BCUT2D eigenvalue weighted by Gasteiger charge is 2.36. The molecule has 1 amide bonds. The van der Waals surface area contributed by atoms with E-state index in [2.05, 4.69) is 16.0 Å². The molecule has 0 saturated heterocycles. The van der Waals surface area contributed by atoms with Crippen LogP contribution in [0.15, 0.2) is 47.7 Å². The van der Waals surface area contributed by atoms with Crippen molar-refractivity contribution in [1.29, 1.82) is 0 Å². The van der Waals surface area contributed by atoms with Crippen molar-refractivity contribution < 1.29 is 19.6 Å². The molecule has 0 saturated carbocycles. The summed E-state index contributed by atoms with van der Waals surface area (Å²) in [6.45, 7) is 3.56. The number of methoxy groups -OCH3 is 1. The second-order valence-electron chi connectivity index (χ2n) is 6.71. The van der Waals surface area contributed by atoms with Crippen LogP contribution in [0.1, 0.15) is 24.1 Å². The second kappa shape index (κ2) is 8.37. The Bertz CT molecular complexity index is 1080. The van der Waals surface area contributed by atoms with Crippen LogP contribution in [0.5, 0.6) is 11.5 Å². The molecule has 156 valence electrons. The molecule has 1 aliphatic rings. The maximum atomic E-state index is 13.1. The van der Waals surface area contributed by atoms with E-state index in [0.717, 1.165) is 5.56 Å². The number of hydrogen-bond donors (Lipinski definition) is 4. The monoisotopic (exact) mass is 428 g/mol. The molecule has 1 atom stereocenters. The van der Waals surface area contributed by atoms with Gasteiger partial charge in [-0.05, 0) is 55.9 Å². The number of aromatic hydroxyl groups is 1. The highest BCUT2D eigenvalue weighted by Crippen LogP contribution is 2.43. The molecule has 2 aromatic carbocycles. The van der Waals surface area contributed by atoms with Gasteiger partial charge in [-0.3, -0.25) is 14.9 Å². The minimum absolute atomic E-state index is 0.132. The highest BCUT2D eigenvalue weighted by molar-refractivity contribution is 7.80. The number of phenolic OH excluding ortho intramolecular Hbond substituents is 1. The average molecular weight is 428 g/mol. The molecule has 1 heterocycles. The number of anilines is 1. The number of rotatable bonds is 5. The summed E-state index contributed by atoms with van der Waals surface area (Å²) in [5, 5.41) is 30.6. The number of nitrogens with one attached hydrogen (secondary N) is 3. The summed E-state index contributed by atoms with van der Waals surface area (Å²) < 4.78 is 5.04. The molecule has 0 radical (unpaired) electrons. The van der Waals surface area contributed by atoms with E-state index in [4.69, 9.17) is 17.0 Å². The molecular weight excluding hydrogens is 408 g/mol. The predicted octanol–water partition coefficient (Wildman–Crippen LogP) is 3.05. The number of benzene rings is 2. The summed E-state index contributed by atoms with van der Waals surface area (Å²) in [6.07, 6.45) is 0. The fourth-order valence-electron chi connectivity index (χ4n) is 3.35. The first kappa shape index (κ1) is 21.1. The van der Waals surface area contributed by atoms with E-state index in [0.29, 0.717) is 11.4 Å². The summed E-state index contributed by atoms with van der Waals surface area (Å²) in [6, 6.07) is 8.98. The maximum absolute atomic E-state index is 13.1. The number of thiocarbonyl (C=S) groups is 1. The van der Waals surface area contributed by atoms with Crippen molar-refractivity contribution in [2.75, 3.05) is 12.4 Å². The van der Waals surface area contributed by atoms with Crippen LogP contribution in [0.2, 0.25) is 0 Å². The van der Waals surface area contributed by atoms with Crippen molar-refractivity contribution in [3.8, 4) is 11.5 Å². The Morgan fingerprint density at radius 3 is 2.67 bits per heavy atom. The van der Waals surface area contributed by atoms with Crippen LogP contribution in [0.25, 0.3) is 0 Å². The summed E-state index contributed by atoms with van der Waals surface area (Å²) in [5.74, 6) is -1.12. The smallest absolute Gasteiger partial charge is 0.320 e. The Balaban J connectivity index is 2.11. The number of carbonyl (C=O) groups is 1. The maximum Gasteiger partial charge on any atom is 0.320 e. The molecule has 0 fully saturated rings. The zero-order chi connectivity index (χ0) is 22.0. The Morgan fingerprint density at radius 1 is 1.30 bits per heavy atom. The fourth-order valence-corrected chi connectivity index (χ4v) is 3.62. The predicted molar refractivity (Wildman–Crippen MR) is 115 cm³/mol. The zero-order valence-corrected chi connectivity index (χ0v) is 17.3. The third kappa shape index (κ3) is 4.03. The van der Waals surface area contributed by atoms with E-state index < -0.39 is 22.6 Å². The number of allylic oxidation sites excluding steroid dienone is 1. The summed E-state index contributed by atoms with van der Waals surface area (Å²) in [7, 11) is 1.22. The molecule has 9 nitrogen and oxygen atoms in total. The Kier molecular flexibility index (Phi) is 5.88.